The molecule has 0 fully saturated rings. The maximum Gasteiger partial charge on any atom is 0.472 e. The van der Waals surface area contributed by atoms with Gasteiger partial charge in [-0.3, -0.25) is 18.6 Å². The number of rotatable bonds is 41. The highest BCUT2D eigenvalue weighted by molar-refractivity contribution is 7.47. The second-order valence-corrected chi connectivity index (χ2v) is 16.3. The lowest BCUT2D eigenvalue weighted by molar-refractivity contribution is -0.147. The summed E-state index contributed by atoms with van der Waals surface area (Å²) in [6.45, 7) is 2.55. The minimum Gasteiger partial charge on any atom is -0.480 e. The largest absolute Gasteiger partial charge is 0.480 e. The van der Waals surface area contributed by atoms with Crippen LogP contribution in [0.5, 0.6) is 0 Å². The number of esters is 1. The Morgan fingerprint density at radius 2 is 0.982 bits per heavy atom. The molecule has 0 rings (SSSR count). The van der Waals surface area contributed by atoms with Crippen LogP contribution in [-0.4, -0.2) is 64.9 Å². The fourth-order valence-corrected chi connectivity index (χ4v) is 6.70. The highest BCUT2D eigenvalue weighted by Crippen LogP contribution is 2.43. The number of carbonyl (C=O) groups excluding carboxylic acids is 2. The maximum atomic E-state index is 12.3. The number of aliphatic carboxylic acids is 1. The molecule has 0 saturated carbocycles. The molecule has 0 spiro atoms. The Balaban J connectivity index is 3.93. The summed E-state index contributed by atoms with van der Waals surface area (Å²) in [7, 11) is -4.76. The van der Waals surface area contributed by atoms with Crippen LogP contribution in [0.1, 0.15) is 194 Å². The molecule has 0 aliphatic rings. The SMILES string of the molecule is CCCCCC/C=C\C/C=C\CCCCCCCC(=O)OCC(O)COP(=O)(O)OCC(NC(=O)CCCCCCC/C=C\CCCCCCCCC)C(=O)O. The average Bonchev–Trinajstić information content (AvgIpc) is 3.17. The van der Waals surface area contributed by atoms with Crippen molar-refractivity contribution in [1.82, 2.24) is 5.32 Å². The van der Waals surface area contributed by atoms with Crippen LogP contribution in [0.3, 0.4) is 0 Å². The number of carbonyl (C=O) groups is 3. The van der Waals surface area contributed by atoms with Gasteiger partial charge in [0.2, 0.25) is 5.91 Å². The van der Waals surface area contributed by atoms with E-state index < -0.39 is 57.6 Å². The van der Waals surface area contributed by atoms with Crippen molar-refractivity contribution in [3.8, 4) is 0 Å². The minimum atomic E-state index is -4.76. The molecule has 326 valence electrons. The van der Waals surface area contributed by atoms with Crippen LogP contribution >= 0.6 is 7.82 Å². The number of hydrogen-bond acceptors (Lipinski definition) is 8. The molecule has 0 heterocycles. The van der Waals surface area contributed by atoms with Crippen LogP contribution in [0, 0.1) is 0 Å². The molecule has 1 amide bonds. The molecule has 56 heavy (non-hydrogen) atoms. The Labute approximate surface area is 340 Å². The molecule has 0 aromatic rings. The molecule has 0 aromatic heterocycles. The van der Waals surface area contributed by atoms with Gasteiger partial charge in [0.05, 0.1) is 13.2 Å². The topological polar surface area (TPSA) is 169 Å². The summed E-state index contributed by atoms with van der Waals surface area (Å²) < 4.78 is 26.8. The van der Waals surface area contributed by atoms with Gasteiger partial charge in [-0.05, 0) is 70.6 Å². The van der Waals surface area contributed by atoms with Gasteiger partial charge in [0.25, 0.3) is 0 Å². The standard InChI is InChI=1S/C44H80NO10P/c1-3-5-7-9-11-13-15-17-19-21-23-25-27-29-31-33-35-42(47)45-41(44(49)50)39-55-56(51,52)54-38-40(46)37-53-43(48)36-34-32-30-28-26-24-22-20-18-16-14-12-10-8-6-4-2/h14,16,19-22,40-41,46H,3-13,15,17-18,23-39H2,1-2H3,(H,45,47)(H,49,50)(H,51,52)/b16-14-,21-19-,22-20-. The number of aliphatic hydroxyl groups is 1. The predicted octanol–water partition coefficient (Wildman–Crippen LogP) is 11.2. The highest BCUT2D eigenvalue weighted by atomic mass is 31.2. The average molecular weight is 814 g/mol. The number of hydrogen-bond donors (Lipinski definition) is 4. The number of unbranched alkanes of at least 4 members (excludes halogenated alkanes) is 21. The van der Waals surface area contributed by atoms with Crippen molar-refractivity contribution >= 4 is 25.7 Å². The third-order valence-corrected chi connectivity index (χ3v) is 10.4. The van der Waals surface area contributed by atoms with Crippen molar-refractivity contribution in [2.75, 3.05) is 19.8 Å². The van der Waals surface area contributed by atoms with E-state index in [4.69, 9.17) is 13.8 Å². The Kier molecular flexibility index (Phi) is 37.9. The number of nitrogens with one attached hydrogen (secondary N) is 1. The van der Waals surface area contributed by atoms with Gasteiger partial charge in [-0.1, -0.05) is 147 Å². The predicted molar refractivity (Wildman–Crippen MR) is 226 cm³/mol. The van der Waals surface area contributed by atoms with Crippen LogP contribution < -0.4 is 5.32 Å². The third kappa shape index (κ3) is 38.6. The molecular formula is C44H80NO10P. The molecule has 0 aliphatic heterocycles. The summed E-state index contributed by atoms with van der Waals surface area (Å²) in [5, 5.41) is 21.8. The molecule has 11 nitrogen and oxygen atoms in total. The fourth-order valence-electron chi connectivity index (χ4n) is 5.93. The van der Waals surface area contributed by atoms with Crippen molar-refractivity contribution in [1.29, 1.82) is 0 Å². The molecule has 12 heteroatoms. The summed E-state index contributed by atoms with van der Waals surface area (Å²) >= 11 is 0. The van der Waals surface area contributed by atoms with E-state index in [0.29, 0.717) is 12.8 Å². The van der Waals surface area contributed by atoms with Gasteiger partial charge < -0.3 is 25.2 Å². The molecule has 0 saturated heterocycles. The van der Waals surface area contributed by atoms with E-state index in [9.17, 15) is 34.1 Å². The molecule has 0 aromatic carbocycles. The minimum absolute atomic E-state index is 0.135. The van der Waals surface area contributed by atoms with Crippen molar-refractivity contribution < 1.29 is 47.8 Å². The van der Waals surface area contributed by atoms with Crippen LogP contribution in [-0.2, 0) is 32.7 Å². The van der Waals surface area contributed by atoms with E-state index in [1.165, 1.54) is 77.0 Å². The van der Waals surface area contributed by atoms with E-state index in [-0.39, 0.29) is 12.8 Å². The monoisotopic (exact) mass is 814 g/mol. The van der Waals surface area contributed by atoms with Gasteiger partial charge in [-0.15, -0.1) is 0 Å². The van der Waals surface area contributed by atoms with Crippen LogP contribution in [0.4, 0.5) is 0 Å². The molecule has 4 N–H and O–H groups in total. The van der Waals surface area contributed by atoms with Crippen LogP contribution in [0.15, 0.2) is 36.5 Å². The molecule has 0 bridgehead atoms. The summed E-state index contributed by atoms with van der Waals surface area (Å²) in [4.78, 5) is 45.9. The molecular weight excluding hydrogens is 733 g/mol. The second kappa shape index (κ2) is 39.5. The Morgan fingerprint density at radius 1 is 0.571 bits per heavy atom. The van der Waals surface area contributed by atoms with E-state index in [1.54, 1.807) is 0 Å². The van der Waals surface area contributed by atoms with Crippen molar-refractivity contribution in [3.63, 3.8) is 0 Å². The molecule has 3 unspecified atom stereocenters. The molecule has 0 radical (unpaired) electrons. The van der Waals surface area contributed by atoms with Gasteiger partial charge in [-0.25, -0.2) is 9.36 Å². The van der Waals surface area contributed by atoms with Crippen LogP contribution in [0.2, 0.25) is 0 Å². The number of aliphatic hydroxyl groups excluding tert-OH is 1. The lowest BCUT2D eigenvalue weighted by atomic mass is 10.1. The quantitative estimate of drug-likeness (QED) is 0.0202. The zero-order chi connectivity index (χ0) is 41.4. The van der Waals surface area contributed by atoms with Gasteiger partial charge in [0, 0.05) is 12.8 Å². The zero-order valence-electron chi connectivity index (χ0n) is 35.2. The van der Waals surface area contributed by atoms with Crippen molar-refractivity contribution in [3.05, 3.63) is 36.5 Å². The van der Waals surface area contributed by atoms with E-state index in [1.807, 2.05) is 0 Å². The highest BCUT2D eigenvalue weighted by Gasteiger charge is 2.28. The lowest BCUT2D eigenvalue weighted by Gasteiger charge is -2.18. The number of amides is 1. The van der Waals surface area contributed by atoms with Crippen LogP contribution in [0.25, 0.3) is 0 Å². The Morgan fingerprint density at radius 3 is 1.48 bits per heavy atom. The van der Waals surface area contributed by atoms with Crippen molar-refractivity contribution in [2.24, 2.45) is 0 Å². The number of carboxylic acid groups (broad SMARTS) is 1. The van der Waals surface area contributed by atoms with E-state index in [2.05, 4.69) is 55.6 Å². The van der Waals surface area contributed by atoms with Gasteiger partial charge in [-0.2, -0.15) is 0 Å². The maximum absolute atomic E-state index is 12.3. The van der Waals surface area contributed by atoms with Crippen molar-refractivity contribution in [2.45, 2.75) is 206 Å². The smallest absolute Gasteiger partial charge is 0.472 e. The molecule has 3 atom stereocenters. The van der Waals surface area contributed by atoms with E-state index >= 15 is 0 Å². The zero-order valence-corrected chi connectivity index (χ0v) is 36.1. The van der Waals surface area contributed by atoms with Gasteiger partial charge in [0.15, 0.2) is 6.04 Å². The summed E-state index contributed by atoms with van der Waals surface area (Å²) in [5.41, 5.74) is 0. The summed E-state index contributed by atoms with van der Waals surface area (Å²) in [5.74, 6) is -2.40. The fraction of sp³-hybridized carbons (Fsp3) is 0.795. The Bertz CT molecular complexity index is 1100. The summed E-state index contributed by atoms with van der Waals surface area (Å²) in [6.07, 6.45) is 41.6. The van der Waals surface area contributed by atoms with Gasteiger partial charge in [0.1, 0.15) is 12.7 Å². The van der Waals surface area contributed by atoms with Gasteiger partial charge >= 0.3 is 19.8 Å². The second-order valence-electron chi connectivity index (χ2n) is 14.9. The number of allylic oxidation sites excluding steroid dienone is 6. The Hall–Kier alpha value is -2.30. The van der Waals surface area contributed by atoms with E-state index in [0.717, 1.165) is 77.0 Å². The molecule has 0 aliphatic carbocycles. The lowest BCUT2D eigenvalue weighted by Crippen LogP contribution is -2.43. The third-order valence-electron chi connectivity index (χ3n) is 9.40. The first-order chi connectivity index (χ1) is 27.1. The number of ether oxygens (including phenoxy) is 1. The number of phosphoric acid groups is 1. The number of phosphoric ester groups is 1. The summed E-state index contributed by atoms with van der Waals surface area (Å²) in [6, 6.07) is -1.55. The first-order valence-electron chi connectivity index (χ1n) is 22.0. The number of carboxylic acids is 1. The first-order valence-corrected chi connectivity index (χ1v) is 23.5. The normalized spacial score (nSPS) is 14.1. The first kappa shape index (κ1) is 53.7.